The first-order chi connectivity index (χ1) is 14.8. The molecule has 0 radical (unpaired) electrons. The van der Waals surface area contributed by atoms with Crippen LogP contribution < -0.4 is 10.1 Å². The van der Waals surface area contributed by atoms with Crippen LogP contribution in [-0.2, 0) is 4.74 Å². The molecule has 0 aliphatic rings. The molecular formula is C23H24N4O3. The van der Waals surface area contributed by atoms with E-state index in [9.17, 15) is 0 Å². The van der Waals surface area contributed by atoms with Crippen molar-refractivity contribution in [1.82, 2.24) is 14.6 Å². The number of anilines is 1. The minimum absolute atomic E-state index is 0.0130. The van der Waals surface area contributed by atoms with Crippen molar-refractivity contribution in [3.8, 4) is 28.1 Å². The number of fused-ring (bicyclic) bond motifs is 1. The van der Waals surface area contributed by atoms with E-state index in [2.05, 4.69) is 10.4 Å². The molecule has 4 aromatic rings. The first kappa shape index (κ1) is 19.9. The zero-order valence-corrected chi connectivity index (χ0v) is 16.8. The monoisotopic (exact) mass is 404 g/mol. The Morgan fingerprint density at radius 2 is 1.80 bits per heavy atom. The van der Waals surface area contributed by atoms with Gasteiger partial charge in [0, 0.05) is 23.7 Å². The number of hydrogen-bond donors (Lipinski definition) is 2. The second-order valence-electron chi connectivity index (χ2n) is 6.65. The van der Waals surface area contributed by atoms with Crippen LogP contribution in [0.25, 0.3) is 28.0 Å². The van der Waals surface area contributed by atoms with E-state index in [1.807, 2.05) is 66.9 Å². The summed E-state index contributed by atoms with van der Waals surface area (Å²) in [7, 11) is 1.66. The lowest BCUT2D eigenvalue weighted by Crippen LogP contribution is -2.14. The summed E-state index contributed by atoms with van der Waals surface area (Å²) in [6.07, 6.45) is 1.81. The maximum Gasteiger partial charge on any atom is 0.165 e. The Kier molecular flexibility index (Phi) is 6.22. The summed E-state index contributed by atoms with van der Waals surface area (Å²) < 4.78 is 12.7. The van der Waals surface area contributed by atoms with Crippen LogP contribution in [0.3, 0.4) is 0 Å². The van der Waals surface area contributed by atoms with Crippen molar-refractivity contribution in [3.63, 3.8) is 0 Å². The number of aliphatic hydroxyl groups is 1. The number of aromatic nitrogens is 3. The zero-order valence-electron chi connectivity index (χ0n) is 16.8. The fourth-order valence-electron chi connectivity index (χ4n) is 3.32. The second kappa shape index (κ2) is 9.39. The predicted octanol–water partition coefficient (Wildman–Crippen LogP) is 3.49. The Balaban J connectivity index is 1.79. The van der Waals surface area contributed by atoms with Gasteiger partial charge in [0.25, 0.3) is 0 Å². The lowest BCUT2D eigenvalue weighted by molar-refractivity contribution is 0.0991. The molecule has 0 spiro atoms. The maximum atomic E-state index is 8.86. The predicted molar refractivity (Wildman–Crippen MR) is 117 cm³/mol. The van der Waals surface area contributed by atoms with Crippen molar-refractivity contribution in [2.45, 2.75) is 0 Å². The number of ether oxygens (including phenoxy) is 2. The van der Waals surface area contributed by atoms with Crippen LogP contribution >= 0.6 is 0 Å². The smallest absolute Gasteiger partial charge is 0.165 e. The van der Waals surface area contributed by atoms with Crippen molar-refractivity contribution in [2.75, 3.05) is 38.8 Å². The van der Waals surface area contributed by atoms with Gasteiger partial charge in [0.15, 0.2) is 5.65 Å². The minimum atomic E-state index is 0.0130. The lowest BCUT2D eigenvalue weighted by atomic mass is 10.1. The summed E-state index contributed by atoms with van der Waals surface area (Å²) in [6, 6.07) is 19.9. The molecule has 7 nitrogen and oxygen atoms in total. The SMILES string of the molecule is COc1ccccc1-c1cnn2c(NCCOCCO)cc(-c3ccccc3)nc12. The average Bonchev–Trinajstić information content (AvgIpc) is 3.23. The molecule has 2 N–H and O–H groups in total. The van der Waals surface area contributed by atoms with Gasteiger partial charge in [0.1, 0.15) is 11.6 Å². The Hall–Kier alpha value is -3.42. The molecule has 2 aromatic carbocycles. The van der Waals surface area contributed by atoms with Crippen LogP contribution in [0.15, 0.2) is 66.9 Å². The van der Waals surface area contributed by atoms with Gasteiger partial charge >= 0.3 is 0 Å². The molecule has 0 atom stereocenters. The number of nitrogens with one attached hydrogen (secondary N) is 1. The van der Waals surface area contributed by atoms with Crippen LogP contribution in [-0.4, -0.2) is 53.2 Å². The highest BCUT2D eigenvalue weighted by atomic mass is 16.5. The topological polar surface area (TPSA) is 80.9 Å². The number of hydrogen-bond acceptors (Lipinski definition) is 6. The van der Waals surface area contributed by atoms with Crippen LogP contribution in [0, 0.1) is 0 Å². The van der Waals surface area contributed by atoms with E-state index in [0.29, 0.717) is 19.8 Å². The molecule has 0 bridgehead atoms. The minimum Gasteiger partial charge on any atom is -0.496 e. The van der Waals surface area contributed by atoms with Crippen LogP contribution in [0.1, 0.15) is 0 Å². The summed E-state index contributed by atoms with van der Waals surface area (Å²) in [5.41, 5.74) is 4.43. The van der Waals surface area contributed by atoms with Gasteiger partial charge in [-0.2, -0.15) is 9.61 Å². The summed E-state index contributed by atoms with van der Waals surface area (Å²) in [4.78, 5) is 4.92. The standard InChI is InChI=1S/C23H24N4O3/c1-29-21-10-6-5-9-18(21)19-16-25-27-22(24-11-13-30-14-12-28)15-20(26-23(19)27)17-7-3-2-4-8-17/h2-10,15-16,24,28H,11-14H2,1H3. The Morgan fingerprint density at radius 1 is 1.00 bits per heavy atom. The fourth-order valence-corrected chi connectivity index (χ4v) is 3.32. The highest BCUT2D eigenvalue weighted by Gasteiger charge is 2.16. The molecular weight excluding hydrogens is 380 g/mol. The number of methoxy groups -OCH3 is 1. The summed E-state index contributed by atoms with van der Waals surface area (Å²) in [5.74, 6) is 1.58. The number of para-hydroxylation sites is 1. The molecule has 0 saturated carbocycles. The van der Waals surface area contributed by atoms with E-state index in [1.165, 1.54) is 0 Å². The van der Waals surface area contributed by atoms with Crippen molar-refractivity contribution in [3.05, 3.63) is 66.9 Å². The summed E-state index contributed by atoms with van der Waals surface area (Å²) in [5, 5.41) is 16.8. The Morgan fingerprint density at radius 3 is 2.60 bits per heavy atom. The van der Waals surface area contributed by atoms with E-state index < -0.39 is 0 Å². The number of rotatable bonds is 9. The van der Waals surface area contributed by atoms with Crippen molar-refractivity contribution in [1.29, 1.82) is 0 Å². The molecule has 0 aliphatic heterocycles. The first-order valence-corrected chi connectivity index (χ1v) is 9.82. The molecule has 30 heavy (non-hydrogen) atoms. The third kappa shape index (κ3) is 4.12. The van der Waals surface area contributed by atoms with Gasteiger partial charge in [-0.25, -0.2) is 4.98 Å². The maximum absolute atomic E-state index is 8.86. The third-order valence-corrected chi connectivity index (χ3v) is 4.73. The molecule has 0 aliphatic carbocycles. The van der Waals surface area contributed by atoms with Gasteiger partial charge in [-0.1, -0.05) is 48.5 Å². The van der Waals surface area contributed by atoms with Crippen LogP contribution in [0.2, 0.25) is 0 Å². The van der Waals surface area contributed by atoms with Gasteiger partial charge in [-0.15, -0.1) is 0 Å². The molecule has 4 rings (SSSR count). The van der Waals surface area contributed by atoms with Gasteiger partial charge in [-0.05, 0) is 6.07 Å². The van der Waals surface area contributed by atoms with E-state index in [4.69, 9.17) is 19.6 Å². The normalized spacial score (nSPS) is 11.0. The van der Waals surface area contributed by atoms with Gasteiger partial charge in [0.2, 0.25) is 0 Å². The Labute approximate surface area is 174 Å². The molecule has 154 valence electrons. The van der Waals surface area contributed by atoms with E-state index >= 15 is 0 Å². The third-order valence-electron chi connectivity index (χ3n) is 4.73. The van der Waals surface area contributed by atoms with Gasteiger partial charge in [-0.3, -0.25) is 0 Å². The summed E-state index contributed by atoms with van der Waals surface area (Å²) in [6.45, 7) is 1.39. The number of benzene rings is 2. The quantitative estimate of drug-likeness (QED) is 0.416. The zero-order chi connectivity index (χ0) is 20.8. The van der Waals surface area contributed by atoms with Crippen molar-refractivity contribution < 1.29 is 14.6 Å². The Bertz CT molecular complexity index is 1110. The highest BCUT2D eigenvalue weighted by molar-refractivity contribution is 5.83. The molecule has 2 heterocycles. The average molecular weight is 404 g/mol. The second-order valence-corrected chi connectivity index (χ2v) is 6.65. The van der Waals surface area contributed by atoms with Crippen LogP contribution in [0.4, 0.5) is 5.82 Å². The largest absolute Gasteiger partial charge is 0.496 e. The first-order valence-electron chi connectivity index (χ1n) is 9.82. The molecule has 0 unspecified atom stereocenters. The van der Waals surface area contributed by atoms with Crippen LogP contribution in [0.5, 0.6) is 5.75 Å². The van der Waals surface area contributed by atoms with Crippen molar-refractivity contribution >= 4 is 11.5 Å². The molecule has 0 fully saturated rings. The summed E-state index contributed by atoms with van der Waals surface area (Å²) >= 11 is 0. The fraction of sp³-hybridized carbons (Fsp3) is 0.217. The van der Waals surface area contributed by atoms with E-state index in [-0.39, 0.29) is 6.61 Å². The van der Waals surface area contributed by atoms with E-state index in [0.717, 1.165) is 39.6 Å². The van der Waals surface area contributed by atoms with Gasteiger partial charge in [0.05, 0.1) is 44.4 Å². The molecule has 0 amide bonds. The number of nitrogens with zero attached hydrogens (tertiary/aromatic N) is 3. The molecule has 7 heteroatoms. The van der Waals surface area contributed by atoms with E-state index in [1.54, 1.807) is 11.6 Å². The molecule has 0 saturated heterocycles. The lowest BCUT2D eigenvalue weighted by Gasteiger charge is -2.12. The highest BCUT2D eigenvalue weighted by Crippen LogP contribution is 2.34. The number of aliphatic hydroxyl groups excluding tert-OH is 1. The molecule has 2 aromatic heterocycles. The van der Waals surface area contributed by atoms with Crippen molar-refractivity contribution in [2.24, 2.45) is 0 Å². The van der Waals surface area contributed by atoms with Gasteiger partial charge < -0.3 is 19.9 Å².